The van der Waals surface area contributed by atoms with Crippen molar-refractivity contribution >= 4 is 0 Å². The lowest BCUT2D eigenvalue weighted by Crippen LogP contribution is -2.28. The maximum Gasteiger partial charge on any atom is 0.115 e. The van der Waals surface area contributed by atoms with Crippen LogP contribution in [0.1, 0.15) is 32.2 Å². The van der Waals surface area contributed by atoms with E-state index in [9.17, 15) is 0 Å². The molecule has 0 amide bonds. The Hall–Kier alpha value is -0.960. The van der Waals surface area contributed by atoms with Gasteiger partial charge in [-0.1, -0.05) is 13.8 Å². The smallest absolute Gasteiger partial charge is 0.115 e. The number of hydrogen-bond acceptors (Lipinski definition) is 3. The first-order chi connectivity index (χ1) is 6.76. The number of likely N-dealkylation sites (N-methyl/N-ethyl adjacent to an activating group) is 1. The van der Waals surface area contributed by atoms with Gasteiger partial charge in [0.1, 0.15) is 6.33 Å². The van der Waals surface area contributed by atoms with E-state index in [1.54, 1.807) is 6.33 Å². The molecule has 1 N–H and O–H groups in total. The van der Waals surface area contributed by atoms with Crippen LogP contribution in [0.5, 0.6) is 0 Å². The van der Waals surface area contributed by atoms with E-state index in [4.69, 9.17) is 0 Å². The van der Waals surface area contributed by atoms with E-state index >= 15 is 0 Å². The summed E-state index contributed by atoms with van der Waals surface area (Å²) in [5.41, 5.74) is 2.25. The van der Waals surface area contributed by atoms with E-state index in [-0.39, 0.29) is 0 Å². The van der Waals surface area contributed by atoms with Gasteiger partial charge in [0.15, 0.2) is 0 Å². The minimum atomic E-state index is 0.486. The third kappa shape index (κ3) is 3.42. The quantitative estimate of drug-likeness (QED) is 0.771. The van der Waals surface area contributed by atoms with Crippen LogP contribution in [0.25, 0.3) is 0 Å². The topological polar surface area (TPSA) is 37.8 Å². The van der Waals surface area contributed by atoms with Crippen LogP contribution in [-0.4, -0.2) is 22.6 Å². The zero-order valence-electron chi connectivity index (χ0n) is 9.25. The van der Waals surface area contributed by atoms with Crippen LogP contribution in [-0.2, 0) is 12.8 Å². The average Bonchev–Trinajstić information content (AvgIpc) is 2.18. The Morgan fingerprint density at radius 2 is 2.00 bits per heavy atom. The Bertz CT molecular complexity index is 273. The molecule has 0 saturated heterocycles. The second kappa shape index (κ2) is 5.70. The van der Waals surface area contributed by atoms with Gasteiger partial charge in [0.2, 0.25) is 0 Å². The number of hydrogen-bond donors (Lipinski definition) is 1. The molecule has 1 rings (SSSR count). The summed E-state index contributed by atoms with van der Waals surface area (Å²) in [4.78, 5) is 8.44. The average molecular weight is 193 g/mol. The molecule has 0 aliphatic carbocycles. The molecule has 0 aliphatic heterocycles. The SMILES string of the molecule is CCNC(C)Cc1cc(CC)ncn1. The molecule has 0 aliphatic rings. The van der Waals surface area contributed by atoms with Crippen molar-refractivity contribution in [1.82, 2.24) is 15.3 Å². The maximum atomic E-state index is 4.26. The summed E-state index contributed by atoms with van der Waals surface area (Å²) < 4.78 is 0. The Morgan fingerprint density at radius 3 is 2.64 bits per heavy atom. The van der Waals surface area contributed by atoms with Gasteiger partial charge in [0, 0.05) is 23.9 Å². The largest absolute Gasteiger partial charge is 0.314 e. The van der Waals surface area contributed by atoms with Crippen molar-refractivity contribution < 1.29 is 0 Å². The second-order valence-corrected chi connectivity index (χ2v) is 3.52. The van der Waals surface area contributed by atoms with E-state index in [0.29, 0.717) is 6.04 Å². The third-order valence-electron chi connectivity index (χ3n) is 2.21. The van der Waals surface area contributed by atoms with E-state index in [2.05, 4.69) is 42.1 Å². The summed E-state index contributed by atoms with van der Waals surface area (Å²) in [6, 6.07) is 2.58. The molecule has 1 aromatic heterocycles. The van der Waals surface area contributed by atoms with Crippen LogP contribution in [0.4, 0.5) is 0 Å². The molecule has 14 heavy (non-hydrogen) atoms. The van der Waals surface area contributed by atoms with Crippen molar-refractivity contribution in [2.75, 3.05) is 6.54 Å². The Morgan fingerprint density at radius 1 is 1.29 bits per heavy atom. The molecule has 1 atom stereocenters. The number of aryl methyl sites for hydroxylation is 1. The van der Waals surface area contributed by atoms with Gasteiger partial charge in [-0.25, -0.2) is 9.97 Å². The Balaban J connectivity index is 2.57. The van der Waals surface area contributed by atoms with Gasteiger partial charge >= 0.3 is 0 Å². The highest BCUT2D eigenvalue weighted by molar-refractivity contribution is 5.09. The first kappa shape index (κ1) is 11.1. The third-order valence-corrected chi connectivity index (χ3v) is 2.21. The fraction of sp³-hybridized carbons (Fsp3) is 0.636. The lowest BCUT2D eigenvalue weighted by atomic mass is 10.1. The molecular weight excluding hydrogens is 174 g/mol. The summed E-state index contributed by atoms with van der Waals surface area (Å²) in [5.74, 6) is 0. The normalized spacial score (nSPS) is 12.8. The van der Waals surface area contributed by atoms with Crippen molar-refractivity contribution in [2.45, 2.75) is 39.7 Å². The van der Waals surface area contributed by atoms with Gasteiger partial charge in [0.25, 0.3) is 0 Å². The summed E-state index contributed by atoms with van der Waals surface area (Å²) in [6.45, 7) is 7.41. The molecular formula is C11H19N3. The molecule has 0 fully saturated rings. The summed E-state index contributed by atoms with van der Waals surface area (Å²) in [7, 11) is 0. The van der Waals surface area contributed by atoms with Gasteiger partial charge in [-0.15, -0.1) is 0 Å². The van der Waals surface area contributed by atoms with E-state index in [0.717, 1.165) is 30.8 Å². The highest BCUT2D eigenvalue weighted by atomic mass is 14.9. The van der Waals surface area contributed by atoms with Crippen molar-refractivity contribution in [2.24, 2.45) is 0 Å². The van der Waals surface area contributed by atoms with E-state index in [1.165, 1.54) is 0 Å². The molecule has 1 aromatic rings. The zero-order chi connectivity index (χ0) is 10.4. The monoisotopic (exact) mass is 193 g/mol. The fourth-order valence-corrected chi connectivity index (χ4v) is 1.48. The fourth-order valence-electron chi connectivity index (χ4n) is 1.48. The molecule has 3 heteroatoms. The predicted octanol–water partition coefficient (Wildman–Crippen LogP) is 1.58. The van der Waals surface area contributed by atoms with Crippen LogP contribution < -0.4 is 5.32 Å². The number of aromatic nitrogens is 2. The standard InChI is InChI=1S/C11H19N3/c1-4-10-7-11(14-8-13-10)6-9(3)12-5-2/h7-9,12H,4-6H2,1-3H3. The maximum absolute atomic E-state index is 4.26. The molecule has 0 radical (unpaired) electrons. The Labute approximate surface area is 86.0 Å². The van der Waals surface area contributed by atoms with Gasteiger partial charge in [-0.2, -0.15) is 0 Å². The summed E-state index contributed by atoms with van der Waals surface area (Å²) in [5, 5.41) is 3.37. The zero-order valence-corrected chi connectivity index (χ0v) is 9.25. The van der Waals surface area contributed by atoms with E-state index < -0.39 is 0 Å². The lowest BCUT2D eigenvalue weighted by molar-refractivity contribution is 0.558. The summed E-state index contributed by atoms with van der Waals surface area (Å²) in [6.07, 6.45) is 3.61. The van der Waals surface area contributed by atoms with Crippen LogP contribution in [0.15, 0.2) is 12.4 Å². The number of nitrogens with zero attached hydrogens (tertiary/aromatic N) is 2. The van der Waals surface area contributed by atoms with Gasteiger partial charge < -0.3 is 5.32 Å². The molecule has 0 aromatic carbocycles. The van der Waals surface area contributed by atoms with E-state index in [1.807, 2.05) is 0 Å². The highest BCUT2D eigenvalue weighted by Gasteiger charge is 2.03. The van der Waals surface area contributed by atoms with Crippen molar-refractivity contribution in [1.29, 1.82) is 0 Å². The van der Waals surface area contributed by atoms with Gasteiger partial charge in [-0.05, 0) is 26.0 Å². The minimum Gasteiger partial charge on any atom is -0.314 e. The number of nitrogens with one attached hydrogen (secondary N) is 1. The van der Waals surface area contributed by atoms with Gasteiger partial charge in [0.05, 0.1) is 0 Å². The molecule has 1 heterocycles. The van der Waals surface area contributed by atoms with Crippen molar-refractivity contribution in [3.05, 3.63) is 23.8 Å². The predicted molar refractivity (Wildman–Crippen MR) is 58.3 cm³/mol. The van der Waals surface area contributed by atoms with Crippen LogP contribution in [0.3, 0.4) is 0 Å². The second-order valence-electron chi connectivity index (χ2n) is 3.52. The molecule has 1 unspecified atom stereocenters. The molecule has 0 saturated carbocycles. The van der Waals surface area contributed by atoms with Crippen molar-refractivity contribution in [3.63, 3.8) is 0 Å². The van der Waals surface area contributed by atoms with Crippen molar-refractivity contribution in [3.8, 4) is 0 Å². The minimum absolute atomic E-state index is 0.486. The first-order valence-corrected chi connectivity index (χ1v) is 5.29. The molecule has 0 spiro atoms. The number of rotatable bonds is 5. The molecule has 0 bridgehead atoms. The molecule has 3 nitrogen and oxygen atoms in total. The van der Waals surface area contributed by atoms with Crippen LogP contribution in [0.2, 0.25) is 0 Å². The summed E-state index contributed by atoms with van der Waals surface area (Å²) >= 11 is 0. The molecule has 78 valence electrons. The lowest BCUT2D eigenvalue weighted by Gasteiger charge is -2.11. The van der Waals surface area contributed by atoms with Gasteiger partial charge in [-0.3, -0.25) is 0 Å². The first-order valence-electron chi connectivity index (χ1n) is 5.29. The van der Waals surface area contributed by atoms with Crippen LogP contribution in [0, 0.1) is 0 Å². The highest BCUT2D eigenvalue weighted by Crippen LogP contribution is 2.02. The van der Waals surface area contributed by atoms with Crippen LogP contribution >= 0.6 is 0 Å². The Kier molecular flexibility index (Phi) is 4.53.